The summed E-state index contributed by atoms with van der Waals surface area (Å²) >= 11 is 0. The summed E-state index contributed by atoms with van der Waals surface area (Å²) in [5.41, 5.74) is 4.75. The Morgan fingerprint density at radius 3 is 1.96 bits per heavy atom. The molecule has 0 radical (unpaired) electrons. The lowest BCUT2D eigenvalue weighted by atomic mass is 9.88. The number of carbonyl (C=O) groups excluding carboxylic acids is 2. The van der Waals surface area contributed by atoms with E-state index in [9.17, 15) is 9.59 Å². The fourth-order valence-electron chi connectivity index (χ4n) is 7.47. The molecular weight excluding hydrogens is 640 g/mol. The largest absolute Gasteiger partial charge is 0.444 e. The Morgan fingerprint density at radius 2 is 1.31 bits per heavy atom. The number of imidazole rings is 1. The number of anilines is 1. The first-order chi connectivity index (χ1) is 24.0. The number of nitrogens with zero attached hydrogens (tertiary/aromatic N) is 4. The normalized spacial score (nSPS) is 20.2. The highest BCUT2D eigenvalue weighted by atomic mass is 16.6. The molecular formula is C41H50N6O4. The van der Waals surface area contributed by atoms with E-state index in [0.29, 0.717) is 13.1 Å². The summed E-state index contributed by atoms with van der Waals surface area (Å²) < 4.78 is 11.4. The van der Waals surface area contributed by atoms with Crippen LogP contribution in [0.25, 0.3) is 33.2 Å². The van der Waals surface area contributed by atoms with Crippen LogP contribution in [-0.2, 0) is 15.0 Å². The van der Waals surface area contributed by atoms with E-state index in [4.69, 9.17) is 19.5 Å². The van der Waals surface area contributed by atoms with Crippen LogP contribution in [0.15, 0.2) is 65.8 Å². The van der Waals surface area contributed by atoms with Gasteiger partial charge in [-0.1, -0.05) is 36.4 Å². The Labute approximate surface area is 300 Å². The molecule has 2 amide bonds. The van der Waals surface area contributed by atoms with Gasteiger partial charge in [0.2, 0.25) is 0 Å². The standard InChI is InChI=1S/C41H50N6O4/c1-39(2,3)50-37(48)46-19-9-11-33(46)35-42-24-32(44-35)29-16-15-25-21-26(13-14-27(25)22-29)28-17-18-30-31(23-28)43-36(45-41(30,7)8)34-12-10-20-47(34)38(49)51-40(4,5)6/h13-18,21-24,33-34H,9-12,19-20H2,1-8H3,(H,42,44)(H,43,45)/t33-,34-/m0/s1. The van der Waals surface area contributed by atoms with Gasteiger partial charge in [0, 0.05) is 29.9 Å². The first kappa shape index (κ1) is 34.6. The van der Waals surface area contributed by atoms with E-state index in [1.807, 2.05) is 52.6 Å². The second-order valence-corrected chi connectivity index (χ2v) is 16.6. The zero-order chi connectivity index (χ0) is 36.3. The maximum Gasteiger partial charge on any atom is 0.410 e. The molecule has 268 valence electrons. The third-order valence-corrected chi connectivity index (χ3v) is 9.81. The van der Waals surface area contributed by atoms with Crippen LogP contribution < -0.4 is 5.32 Å². The summed E-state index contributed by atoms with van der Waals surface area (Å²) in [6, 6.07) is 19.2. The van der Waals surface area contributed by atoms with Gasteiger partial charge in [-0.25, -0.2) is 14.6 Å². The summed E-state index contributed by atoms with van der Waals surface area (Å²) in [6.45, 7) is 16.9. The third-order valence-electron chi connectivity index (χ3n) is 9.81. The molecule has 3 aliphatic heterocycles. The van der Waals surface area contributed by atoms with Crippen LogP contribution in [0.1, 0.15) is 98.5 Å². The van der Waals surface area contributed by atoms with E-state index in [1.165, 1.54) is 0 Å². The molecule has 0 saturated carbocycles. The average Bonchev–Trinajstić information content (AvgIpc) is 3.83. The van der Waals surface area contributed by atoms with Crippen molar-refractivity contribution < 1.29 is 19.1 Å². The molecule has 51 heavy (non-hydrogen) atoms. The van der Waals surface area contributed by atoms with Crippen LogP contribution in [0.4, 0.5) is 15.3 Å². The molecule has 1 aromatic heterocycles. The predicted molar refractivity (Wildman–Crippen MR) is 202 cm³/mol. The molecule has 0 bridgehead atoms. The molecule has 2 N–H and O–H groups in total. The Bertz CT molecular complexity index is 2020. The number of hydrogen-bond donors (Lipinski definition) is 2. The van der Waals surface area contributed by atoms with Crippen LogP contribution in [0.5, 0.6) is 0 Å². The molecule has 10 heteroatoms. The number of H-pyrrole nitrogens is 1. The number of carbonyl (C=O) groups is 2. The van der Waals surface area contributed by atoms with Crippen molar-refractivity contribution in [1.82, 2.24) is 19.8 Å². The lowest BCUT2D eigenvalue weighted by Crippen LogP contribution is -2.47. The zero-order valence-corrected chi connectivity index (χ0v) is 31.1. The highest BCUT2D eigenvalue weighted by molar-refractivity contribution is 6.04. The van der Waals surface area contributed by atoms with Crippen molar-refractivity contribution in [1.29, 1.82) is 0 Å². The Balaban J connectivity index is 1.10. The minimum atomic E-state index is -0.557. The number of amidine groups is 1. The minimum absolute atomic E-state index is 0.127. The summed E-state index contributed by atoms with van der Waals surface area (Å²) in [4.78, 5) is 42.9. The second-order valence-electron chi connectivity index (χ2n) is 16.6. The zero-order valence-electron chi connectivity index (χ0n) is 31.1. The van der Waals surface area contributed by atoms with Gasteiger partial charge in [0.05, 0.1) is 29.5 Å². The van der Waals surface area contributed by atoms with Gasteiger partial charge in [-0.3, -0.25) is 14.8 Å². The Morgan fingerprint density at radius 1 is 0.765 bits per heavy atom. The van der Waals surface area contributed by atoms with Gasteiger partial charge >= 0.3 is 12.2 Å². The van der Waals surface area contributed by atoms with Crippen molar-refractivity contribution in [2.24, 2.45) is 4.99 Å². The molecule has 2 fully saturated rings. The number of ether oxygens (including phenoxy) is 2. The molecule has 10 nitrogen and oxygen atoms in total. The molecule has 3 aliphatic rings. The fourth-order valence-corrected chi connectivity index (χ4v) is 7.47. The van der Waals surface area contributed by atoms with Crippen LogP contribution in [0.3, 0.4) is 0 Å². The maximum atomic E-state index is 13.1. The quantitative estimate of drug-likeness (QED) is 0.221. The van der Waals surface area contributed by atoms with Crippen molar-refractivity contribution >= 4 is 34.5 Å². The number of nitrogens with one attached hydrogen (secondary N) is 2. The molecule has 4 heterocycles. The first-order valence-electron chi connectivity index (χ1n) is 18.1. The first-order valence-corrected chi connectivity index (χ1v) is 18.1. The molecule has 0 aliphatic carbocycles. The monoisotopic (exact) mass is 690 g/mol. The van der Waals surface area contributed by atoms with E-state index in [0.717, 1.165) is 81.8 Å². The second kappa shape index (κ2) is 12.7. The van der Waals surface area contributed by atoms with Crippen molar-refractivity contribution in [3.05, 3.63) is 72.2 Å². The number of amides is 2. The van der Waals surface area contributed by atoms with Crippen LogP contribution in [0.2, 0.25) is 0 Å². The molecule has 7 rings (SSSR count). The van der Waals surface area contributed by atoms with Gasteiger partial charge < -0.3 is 19.8 Å². The Kier molecular flexibility index (Phi) is 8.63. The van der Waals surface area contributed by atoms with Gasteiger partial charge in [0.1, 0.15) is 22.9 Å². The summed E-state index contributed by atoms with van der Waals surface area (Å²) in [7, 11) is 0. The smallest absolute Gasteiger partial charge is 0.410 e. The maximum absolute atomic E-state index is 13.1. The fraction of sp³-hybridized carbons (Fsp3) is 0.463. The van der Waals surface area contributed by atoms with E-state index < -0.39 is 16.7 Å². The van der Waals surface area contributed by atoms with E-state index in [2.05, 4.69) is 78.7 Å². The third kappa shape index (κ3) is 7.18. The van der Waals surface area contributed by atoms with Gasteiger partial charge in [0.25, 0.3) is 0 Å². The van der Waals surface area contributed by atoms with E-state index >= 15 is 0 Å². The van der Waals surface area contributed by atoms with Crippen molar-refractivity contribution in [3.8, 4) is 22.4 Å². The van der Waals surface area contributed by atoms with Crippen LogP contribution >= 0.6 is 0 Å². The van der Waals surface area contributed by atoms with Crippen LogP contribution in [0, 0.1) is 0 Å². The van der Waals surface area contributed by atoms with Gasteiger partial charge in [-0.2, -0.15) is 0 Å². The highest BCUT2D eigenvalue weighted by Crippen LogP contribution is 2.40. The molecule has 2 saturated heterocycles. The van der Waals surface area contributed by atoms with Crippen molar-refractivity contribution in [2.75, 3.05) is 18.4 Å². The molecule has 0 unspecified atom stereocenters. The number of benzene rings is 3. The average molecular weight is 691 g/mol. The number of aromatic nitrogens is 2. The number of fused-ring (bicyclic) bond motifs is 2. The van der Waals surface area contributed by atoms with Gasteiger partial charge in [0.15, 0.2) is 0 Å². The molecule has 0 spiro atoms. The van der Waals surface area contributed by atoms with E-state index in [1.54, 1.807) is 4.90 Å². The minimum Gasteiger partial charge on any atom is -0.444 e. The Hall–Kier alpha value is -4.86. The number of hydrogen-bond acceptors (Lipinski definition) is 7. The predicted octanol–water partition coefficient (Wildman–Crippen LogP) is 9.43. The highest BCUT2D eigenvalue weighted by Gasteiger charge is 2.39. The lowest BCUT2D eigenvalue weighted by Gasteiger charge is -2.36. The number of rotatable bonds is 4. The van der Waals surface area contributed by atoms with Gasteiger partial charge in [-0.15, -0.1) is 0 Å². The van der Waals surface area contributed by atoms with E-state index in [-0.39, 0.29) is 24.3 Å². The van der Waals surface area contributed by atoms with Crippen molar-refractivity contribution in [3.63, 3.8) is 0 Å². The number of aromatic amines is 1. The molecule has 3 aromatic carbocycles. The lowest BCUT2D eigenvalue weighted by molar-refractivity contribution is 0.0216. The summed E-state index contributed by atoms with van der Waals surface area (Å²) in [5.74, 6) is 1.60. The van der Waals surface area contributed by atoms with Gasteiger partial charge in [-0.05, 0) is 121 Å². The molecule has 4 aromatic rings. The van der Waals surface area contributed by atoms with Crippen LogP contribution in [-0.4, -0.2) is 68.1 Å². The summed E-state index contributed by atoms with van der Waals surface area (Å²) in [6.07, 6.45) is 4.78. The summed E-state index contributed by atoms with van der Waals surface area (Å²) in [5, 5.41) is 5.88. The topological polar surface area (TPSA) is 112 Å². The number of aliphatic imine (C=N–C) groups is 1. The molecule has 2 atom stereocenters. The van der Waals surface area contributed by atoms with Crippen molar-refractivity contribution in [2.45, 2.75) is 110 Å². The number of likely N-dealkylation sites (tertiary alicyclic amines) is 2. The SMILES string of the molecule is CC(C)(C)OC(=O)N1CCC[C@H]1C1=NC(C)(C)c2ccc(-c3ccc4cc(-c5cnc([C@@H]6CCCN6C(=O)OC(C)(C)C)[nH]5)ccc4c3)cc2N1.